The van der Waals surface area contributed by atoms with Crippen molar-refractivity contribution in [2.75, 3.05) is 12.3 Å². The molecule has 0 spiro atoms. The van der Waals surface area contributed by atoms with Gasteiger partial charge in [0.05, 0.1) is 0 Å². The quantitative estimate of drug-likeness (QED) is 0.606. The highest BCUT2D eigenvalue weighted by molar-refractivity contribution is 7.80. The van der Waals surface area contributed by atoms with Gasteiger partial charge in [-0.3, -0.25) is 14.5 Å². The van der Waals surface area contributed by atoms with Crippen LogP contribution in [-0.4, -0.2) is 29.0 Å². The number of amides is 2. The summed E-state index contributed by atoms with van der Waals surface area (Å²) in [7, 11) is 0. The molecule has 0 aromatic rings. The summed E-state index contributed by atoms with van der Waals surface area (Å²) in [5.74, 6) is 0.818. The van der Waals surface area contributed by atoms with E-state index in [1.807, 2.05) is 0 Å². The first kappa shape index (κ1) is 12.0. The Balaban J connectivity index is 2.06. The third kappa shape index (κ3) is 2.26. The Morgan fingerprint density at radius 2 is 1.62 bits per heavy atom. The second-order valence-electron chi connectivity index (χ2n) is 5.09. The number of carbonyl (C=O) groups is 2. The zero-order valence-corrected chi connectivity index (χ0v) is 10.5. The highest BCUT2D eigenvalue weighted by Crippen LogP contribution is 2.40. The highest BCUT2D eigenvalue weighted by atomic mass is 32.1. The van der Waals surface area contributed by atoms with Gasteiger partial charge in [0.1, 0.15) is 0 Å². The average molecular weight is 241 g/mol. The zero-order valence-electron chi connectivity index (χ0n) is 9.57. The van der Waals surface area contributed by atoms with Crippen LogP contribution in [0.25, 0.3) is 0 Å². The number of hydrogen-bond acceptors (Lipinski definition) is 3. The predicted molar refractivity (Wildman–Crippen MR) is 65.3 cm³/mol. The second kappa shape index (κ2) is 4.78. The molecule has 0 aromatic carbocycles. The summed E-state index contributed by atoms with van der Waals surface area (Å²) in [6.07, 6.45) is 6.42. The molecule has 16 heavy (non-hydrogen) atoms. The number of thiol groups is 1. The molecule has 0 atom stereocenters. The third-order valence-electron chi connectivity index (χ3n) is 3.88. The molecule has 4 heteroatoms. The highest BCUT2D eigenvalue weighted by Gasteiger charge is 2.38. The van der Waals surface area contributed by atoms with Gasteiger partial charge < -0.3 is 0 Å². The van der Waals surface area contributed by atoms with Crippen LogP contribution < -0.4 is 0 Å². The molecule has 1 aliphatic heterocycles. The van der Waals surface area contributed by atoms with Crippen molar-refractivity contribution in [1.82, 2.24) is 4.90 Å². The zero-order chi connectivity index (χ0) is 11.6. The van der Waals surface area contributed by atoms with Gasteiger partial charge in [-0.2, -0.15) is 12.6 Å². The molecule has 0 aromatic heterocycles. The van der Waals surface area contributed by atoms with Crippen LogP contribution in [0.4, 0.5) is 0 Å². The molecule has 2 amide bonds. The molecule has 2 fully saturated rings. The lowest BCUT2D eigenvalue weighted by Crippen LogP contribution is -2.46. The predicted octanol–water partition coefficient (Wildman–Crippen LogP) is 2.02. The van der Waals surface area contributed by atoms with Crippen LogP contribution in [-0.2, 0) is 9.59 Å². The third-order valence-corrected chi connectivity index (χ3v) is 4.55. The Labute approximate surface area is 102 Å². The SMILES string of the molecule is O=C1CCCC(=O)N1CC1(CS)CCCC1. The molecule has 1 saturated heterocycles. The van der Waals surface area contributed by atoms with Crippen LogP contribution in [0.1, 0.15) is 44.9 Å². The number of likely N-dealkylation sites (tertiary alicyclic amines) is 1. The Morgan fingerprint density at radius 1 is 1.06 bits per heavy atom. The molecule has 3 nitrogen and oxygen atoms in total. The average Bonchev–Trinajstić information content (AvgIpc) is 2.73. The molecule has 1 saturated carbocycles. The van der Waals surface area contributed by atoms with E-state index in [0.717, 1.165) is 25.0 Å². The molecule has 0 unspecified atom stereocenters. The van der Waals surface area contributed by atoms with E-state index in [9.17, 15) is 9.59 Å². The van der Waals surface area contributed by atoms with Crippen LogP contribution in [0, 0.1) is 5.41 Å². The second-order valence-corrected chi connectivity index (χ2v) is 5.41. The van der Waals surface area contributed by atoms with Crippen LogP contribution in [0.2, 0.25) is 0 Å². The van der Waals surface area contributed by atoms with Crippen molar-refractivity contribution in [1.29, 1.82) is 0 Å². The van der Waals surface area contributed by atoms with Crippen molar-refractivity contribution in [3.63, 3.8) is 0 Å². The fourth-order valence-electron chi connectivity index (χ4n) is 2.80. The summed E-state index contributed by atoms with van der Waals surface area (Å²) in [6, 6.07) is 0. The van der Waals surface area contributed by atoms with E-state index in [2.05, 4.69) is 12.6 Å². The number of carbonyl (C=O) groups excluding carboxylic acids is 2. The van der Waals surface area contributed by atoms with Gasteiger partial charge in [0.2, 0.25) is 11.8 Å². The van der Waals surface area contributed by atoms with Gasteiger partial charge in [-0.1, -0.05) is 12.8 Å². The monoisotopic (exact) mass is 241 g/mol. The lowest BCUT2D eigenvalue weighted by Gasteiger charge is -2.35. The summed E-state index contributed by atoms with van der Waals surface area (Å²) in [4.78, 5) is 25.0. The van der Waals surface area contributed by atoms with Gasteiger partial charge in [0.15, 0.2) is 0 Å². The van der Waals surface area contributed by atoms with E-state index in [1.54, 1.807) is 0 Å². The topological polar surface area (TPSA) is 37.4 Å². The summed E-state index contributed by atoms with van der Waals surface area (Å²) in [5, 5.41) is 0. The molecule has 2 rings (SSSR count). The first-order chi connectivity index (χ1) is 7.67. The van der Waals surface area contributed by atoms with Crippen LogP contribution >= 0.6 is 12.6 Å². The van der Waals surface area contributed by atoms with E-state index in [0.29, 0.717) is 19.4 Å². The van der Waals surface area contributed by atoms with Gasteiger partial charge in [0.25, 0.3) is 0 Å². The number of imide groups is 1. The van der Waals surface area contributed by atoms with Crippen molar-refractivity contribution in [3.8, 4) is 0 Å². The maximum absolute atomic E-state index is 11.7. The van der Waals surface area contributed by atoms with Gasteiger partial charge >= 0.3 is 0 Å². The van der Waals surface area contributed by atoms with Gasteiger partial charge in [-0.15, -0.1) is 0 Å². The molecule has 0 N–H and O–H groups in total. The van der Waals surface area contributed by atoms with E-state index in [1.165, 1.54) is 17.7 Å². The summed E-state index contributed by atoms with van der Waals surface area (Å²) in [6.45, 7) is 0.605. The Kier molecular flexibility index (Phi) is 3.57. The largest absolute Gasteiger partial charge is 0.282 e. The van der Waals surface area contributed by atoms with E-state index >= 15 is 0 Å². The van der Waals surface area contributed by atoms with Gasteiger partial charge in [-0.05, 0) is 30.4 Å². The van der Waals surface area contributed by atoms with E-state index < -0.39 is 0 Å². The molecule has 0 bridgehead atoms. The minimum absolute atomic E-state index is 0.0179. The maximum Gasteiger partial charge on any atom is 0.229 e. The number of hydrogen-bond donors (Lipinski definition) is 1. The fraction of sp³-hybridized carbons (Fsp3) is 0.833. The Bertz CT molecular complexity index is 281. The maximum atomic E-state index is 11.7. The normalized spacial score (nSPS) is 25.2. The summed E-state index contributed by atoms with van der Waals surface area (Å²) < 4.78 is 0. The number of piperidine rings is 1. The smallest absolute Gasteiger partial charge is 0.229 e. The lowest BCUT2D eigenvalue weighted by molar-refractivity contribution is -0.149. The summed E-state index contributed by atoms with van der Waals surface area (Å²) >= 11 is 4.41. The van der Waals surface area contributed by atoms with E-state index in [4.69, 9.17) is 0 Å². The van der Waals surface area contributed by atoms with Crippen molar-refractivity contribution in [2.45, 2.75) is 44.9 Å². The van der Waals surface area contributed by atoms with Gasteiger partial charge in [0, 0.05) is 19.4 Å². The number of rotatable bonds is 3. The fourth-order valence-corrected chi connectivity index (χ4v) is 3.22. The van der Waals surface area contributed by atoms with Crippen LogP contribution in [0.5, 0.6) is 0 Å². The summed E-state index contributed by atoms with van der Waals surface area (Å²) in [5.41, 5.74) is 0.103. The minimum atomic E-state index is 0.0179. The lowest BCUT2D eigenvalue weighted by atomic mass is 9.87. The first-order valence-electron chi connectivity index (χ1n) is 6.11. The molecule has 1 heterocycles. The first-order valence-corrected chi connectivity index (χ1v) is 6.74. The van der Waals surface area contributed by atoms with Crippen LogP contribution in [0.15, 0.2) is 0 Å². The van der Waals surface area contributed by atoms with Crippen molar-refractivity contribution < 1.29 is 9.59 Å². The molecule has 0 radical (unpaired) electrons. The van der Waals surface area contributed by atoms with Crippen LogP contribution in [0.3, 0.4) is 0 Å². The van der Waals surface area contributed by atoms with E-state index in [-0.39, 0.29) is 17.2 Å². The number of nitrogens with zero attached hydrogens (tertiary/aromatic N) is 1. The standard InChI is InChI=1S/C12H19NO2S/c14-10-4-3-5-11(15)13(10)8-12(9-16)6-1-2-7-12/h16H,1-9H2. The molecular weight excluding hydrogens is 222 g/mol. The molecule has 1 aliphatic carbocycles. The Morgan fingerprint density at radius 3 is 2.12 bits per heavy atom. The minimum Gasteiger partial charge on any atom is -0.282 e. The molecular formula is C12H19NO2S. The molecule has 2 aliphatic rings. The van der Waals surface area contributed by atoms with Gasteiger partial charge in [-0.25, -0.2) is 0 Å². The molecule has 90 valence electrons. The van der Waals surface area contributed by atoms with Crippen molar-refractivity contribution in [3.05, 3.63) is 0 Å². The Hall–Kier alpha value is -0.510. The van der Waals surface area contributed by atoms with Crippen molar-refractivity contribution in [2.24, 2.45) is 5.41 Å². The van der Waals surface area contributed by atoms with Crippen molar-refractivity contribution >= 4 is 24.4 Å².